The molecule has 13 heavy (non-hydrogen) atoms. The monoisotopic (exact) mass is 182 g/mol. The SMILES string of the molecule is CCCC(=O)O[C@H]1C[C@@H]2CC[C@H]1C2. The minimum Gasteiger partial charge on any atom is -0.462 e. The Morgan fingerprint density at radius 2 is 2.23 bits per heavy atom. The van der Waals surface area contributed by atoms with Crippen molar-refractivity contribution in [2.75, 3.05) is 0 Å². The van der Waals surface area contributed by atoms with E-state index in [1.165, 1.54) is 19.3 Å². The number of rotatable bonds is 3. The quantitative estimate of drug-likeness (QED) is 0.627. The van der Waals surface area contributed by atoms with Gasteiger partial charge in [0.05, 0.1) is 0 Å². The van der Waals surface area contributed by atoms with Gasteiger partial charge in [0.25, 0.3) is 0 Å². The molecule has 0 aromatic rings. The molecule has 0 heterocycles. The number of ether oxygens (including phenoxy) is 1. The maximum Gasteiger partial charge on any atom is 0.306 e. The van der Waals surface area contributed by atoms with Crippen molar-refractivity contribution < 1.29 is 9.53 Å². The summed E-state index contributed by atoms with van der Waals surface area (Å²) in [6.45, 7) is 2.02. The summed E-state index contributed by atoms with van der Waals surface area (Å²) in [5.74, 6) is 1.58. The Balaban J connectivity index is 1.79. The third-order valence-corrected chi connectivity index (χ3v) is 3.41. The van der Waals surface area contributed by atoms with Gasteiger partial charge in [-0.25, -0.2) is 0 Å². The Bertz CT molecular complexity index is 200. The molecule has 2 fully saturated rings. The summed E-state index contributed by atoms with van der Waals surface area (Å²) in [6.07, 6.45) is 6.87. The lowest BCUT2D eigenvalue weighted by molar-refractivity contribution is -0.151. The van der Waals surface area contributed by atoms with Gasteiger partial charge in [-0.1, -0.05) is 6.92 Å². The van der Waals surface area contributed by atoms with Crippen molar-refractivity contribution in [3.8, 4) is 0 Å². The molecule has 2 nitrogen and oxygen atoms in total. The fourth-order valence-electron chi connectivity index (χ4n) is 2.76. The molecule has 3 atom stereocenters. The molecule has 0 amide bonds. The number of carbonyl (C=O) groups excluding carboxylic acids is 1. The zero-order valence-electron chi connectivity index (χ0n) is 8.29. The van der Waals surface area contributed by atoms with E-state index in [-0.39, 0.29) is 12.1 Å². The van der Waals surface area contributed by atoms with Crippen molar-refractivity contribution in [3.63, 3.8) is 0 Å². The van der Waals surface area contributed by atoms with Gasteiger partial charge in [0.1, 0.15) is 6.10 Å². The van der Waals surface area contributed by atoms with Gasteiger partial charge in [-0.3, -0.25) is 4.79 Å². The first-order chi connectivity index (χ1) is 6.29. The maximum absolute atomic E-state index is 11.3. The highest BCUT2D eigenvalue weighted by Crippen LogP contribution is 2.45. The Kier molecular flexibility index (Phi) is 2.56. The van der Waals surface area contributed by atoms with Gasteiger partial charge >= 0.3 is 5.97 Å². The molecular formula is C11H18O2. The van der Waals surface area contributed by atoms with Crippen molar-refractivity contribution in [3.05, 3.63) is 0 Å². The molecule has 0 N–H and O–H groups in total. The minimum absolute atomic E-state index is 0.0139. The summed E-state index contributed by atoms with van der Waals surface area (Å²) in [4.78, 5) is 11.3. The molecule has 74 valence electrons. The first kappa shape index (κ1) is 9.04. The van der Waals surface area contributed by atoms with Crippen LogP contribution in [0.3, 0.4) is 0 Å². The highest BCUT2D eigenvalue weighted by molar-refractivity contribution is 5.69. The lowest BCUT2D eigenvalue weighted by Crippen LogP contribution is -2.23. The van der Waals surface area contributed by atoms with Crippen molar-refractivity contribution in [2.45, 2.75) is 51.6 Å². The van der Waals surface area contributed by atoms with Gasteiger partial charge in [0, 0.05) is 6.42 Å². The predicted molar refractivity (Wildman–Crippen MR) is 50.2 cm³/mol. The number of hydrogen-bond acceptors (Lipinski definition) is 2. The van der Waals surface area contributed by atoms with Gasteiger partial charge in [-0.15, -0.1) is 0 Å². The van der Waals surface area contributed by atoms with Crippen molar-refractivity contribution in [1.82, 2.24) is 0 Å². The molecule has 2 bridgehead atoms. The standard InChI is InChI=1S/C11H18O2/c1-2-3-11(12)13-10-7-8-4-5-9(10)6-8/h8-10H,2-7H2,1H3/t8-,9+,10+/m1/s1. The van der Waals surface area contributed by atoms with E-state index in [2.05, 4.69) is 0 Å². The first-order valence-corrected chi connectivity index (χ1v) is 5.49. The van der Waals surface area contributed by atoms with Gasteiger partial charge in [0.15, 0.2) is 0 Å². The molecule has 2 saturated carbocycles. The normalized spacial score (nSPS) is 36.5. The number of hydrogen-bond donors (Lipinski definition) is 0. The molecule has 2 rings (SSSR count). The minimum atomic E-state index is 0.0139. The van der Waals surface area contributed by atoms with Crippen LogP contribution in [-0.2, 0) is 9.53 Å². The molecule has 0 aliphatic heterocycles. The Hall–Kier alpha value is -0.530. The summed E-state index contributed by atoms with van der Waals surface area (Å²) in [7, 11) is 0. The summed E-state index contributed by atoms with van der Waals surface area (Å²) in [5, 5.41) is 0. The molecule has 0 unspecified atom stereocenters. The van der Waals surface area contributed by atoms with E-state index in [1.807, 2.05) is 6.92 Å². The van der Waals surface area contributed by atoms with Crippen LogP contribution in [0, 0.1) is 11.8 Å². The van der Waals surface area contributed by atoms with E-state index in [0.717, 1.165) is 18.8 Å². The van der Waals surface area contributed by atoms with Gasteiger partial charge in [0.2, 0.25) is 0 Å². The molecule has 0 saturated heterocycles. The maximum atomic E-state index is 11.3. The van der Waals surface area contributed by atoms with E-state index < -0.39 is 0 Å². The number of fused-ring (bicyclic) bond motifs is 2. The summed E-state index contributed by atoms with van der Waals surface area (Å²) < 4.78 is 5.45. The molecule has 2 aliphatic carbocycles. The van der Waals surface area contributed by atoms with Crippen LogP contribution in [-0.4, -0.2) is 12.1 Å². The Morgan fingerprint density at radius 1 is 1.38 bits per heavy atom. The van der Waals surface area contributed by atoms with Crippen LogP contribution in [0.15, 0.2) is 0 Å². The lowest BCUT2D eigenvalue weighted by Gasteiger charge is -2.21. The van der Waals surface area contributed by atoms with Crippen LogP contribution in [0.25, 0.3) is 0 Å². The first-order valence-electron chi connectivity index (χ1n) is 5.49. The van der Waals surface area contributed by atoms with Crippen LogP contribution in [0.2, 0.25) is 0 Å². The molecule has 2 heteroatoms. The van der Waals surface area contributed by atoms with Crippen molar-refractivity contribution in [1.29, 1.82) is 0 Å². The highest BCUT2D eigenvalue weighted by atomic mass is 16.5. The van der Waals surface area contributed by atoms with Crippen LogP contribution >= 0.6 is 0 Å². The van der Waals surface area contributed by atoms with Gasteiger partial charge in [-0.2, -0.15) is 0 Å². The smallest absolute Gasteiger partial charge is 0.306 e. The van der Waals surface area contributed by atoms with Gasteiger partial charge < -0.3 is 4.74 Å². The fraction of sp³-hybridized carbons (Fsp3) is 0.909. The van der Waals surface area contributed by atoms with Crippen LogP contribution in [0.4, 0.5) is 0 Å². The molecule has 2 aliphatic rings. The zero-order chi connectivity index (χ0) is 9.26. The summed E-state index contributed by atoms with van der Waals surface area (Å²) in [6, 6.07) is 0. The van der Waals surface area contributed by atoms with Crippen LogP contribution in [0.1, 0.15) is 45.4 Å². The van der Waals surface area contributed by atoms with Crippen molar-refractivity contribution >= 4 is 5.97 Å². The zero-order valence-corrected chi connectivity index (χ0v) is 8.29. The Labute approximate surface area is 79.7 Å². The molecule has 0 aromatic carbocycles. The fourth-order valence-corrected chi connectivity index (χ4v) is 2.76. The van der Waals surface area contributed by atoms with Crippen LogP contribution < -0.4 is 0 Å². The van der Waals surface area contributed by atoms with Crippen molar-refractivity contribution in [2.24, 2.45) is 11.8 Å². The third kappa shape index (κ3) is 1.87. The third-order valence-electron chi connectivity index (χ3n) is 3.41. The second-order valence-corrected chi connectivity index (χ2v) is 4.45. The average Bonchev–Trinajstić information content (AvgIpc) is 2.65. The van der Waals surface area contributed by atoms with E-state index >= 15 is 0 Å². The molecule has 0 radical (unpaired) electrons. The summed E-state index contributed by atoms with van der Waals surface area (Å²) in [5.41, 5.74) is 0. The molecule has 0 aromatic heterocycles. The number of esters is 1. The lowest BCUT2D eigenvalue weighted by atomic mass is 9.98. The average molecular weight is 182 g/mol. The van der Waals surface area contributed by atoms with E-state index in [1.54, 1.807) is 0 Å². The Morgan fingerprint density at radius 3 is 2.77 bits per heavy atom. The second-order valence-electron chi connectivity index (χ2n) is 4.45. The molecular weight excluding hydrogens is 164 g/mol. The number of carbonyl (C=O) groups is 1. The second kappa shape index (κ2) is 3.69. The van der Waals surface area contributed by atoms with Gasteiger partial charge in [-0.05, 0) is 43.9 Å². The topological polar surface area (TPSA) is 26.3 Å². The van der Waals surface area contributed by atoms with E-state index in [4.69, 9.17) is 4.74 Å². The summed E-state index contributed by atoms with van der Waals surface area (Å²) >= 11 is 0. The van der Waals surface area contributed by atoms with E-state index in [9.17, 15) is 4.79 Å². The van der Waals surface area contributed by atoms with Crippen LogP contribution in [0.5, 0.6) is 0 Å². The largest absolute Gasteiger partial charge is 0.462 e. The predicted octanol–water partition coefficient (Wildman–Crippen LogP) is 2.52. The van der Waals surface area contributed by atoms with E-state index in [0.29, 0.717) is 12.3 Å². The molecule has 0 spiro atoms. The highest BCUT2D eigenvalue weighted by Gasteiger charge is 2.41.